The van der Waals surface area contributed by atoms with E-state index in [1.54, 1.807) is 24.3 Å². The fourth-order valence-corrected chi connectivity index (χ4v) is 1.95. The first-order valence-corrected chi connectivity index (χ1v) is 7.75. The van der Waals surface area contributed by atoms with Gasteiger partial charge in [-0.2, -0.15) is 0 Å². The molecule has 1 atom stereocenters. The summed E-state index contributed by atoms with van der Waals surface area (Å²) in [6.07, 6.45) is 2.72. The quantitative estimate of drug-likeness (QED) is 0.736. The van der Waals surface area contributed by atoms with Crippen molar-refractivity contribution in [1.29, 1.82) is 0 Å². The van der Waals surface area contributed by atoms with Crippen molar-refractivity contribution < 1.29 is 9.59 Å². The zero-order valence-electron chi connectivity index (χ0n) is 13.1. The minimum Gasteiger partial charge on any atom is -0.350 e. The Labute approximate surface area is 144 Å². The maximum atomic E-state index is 12.4. The minimum absolute atomic E-state index is 0.0341. The van der Waals surface area contributed by atoms with Crippen molar-refractivity contribution in [1.82, 2.24) is 15.3 Å². The Morgan fingerprint density at radius 2 is 1.71 bits per heavy atom. The SMILES string of the molecule is CC(CN)CNC(=O)c1nccnc1C(=O)Nc1ccc(Cl)cc1. The van der Waals surface area contributed by atoms with Gasteiger partial charge in [-0.05, 0) is 36.7 Å². The Kier molecular flexibility index (Phi) is 6.22. The molecule has 0 aliphatic heterocycles. The van der Waals surface area contributed by atoms with Crippen molar-refractivity contribution in [2.24, 2.45) is 11.7 Å². The molecule has 1 unspecified atom stereocenters. The van der Waals surface area contributed by atoms with E-state index in [1.165, 1.54) is 12.4 Å². The standard InChI is InChI=1S/C16H18ClN5O2/c1-10(8-18)9-21-15(23)13-14(20-7-6-19-13)16(24)22-12-4-2-11(17)3-5-12/h2-7,10H,8-9,18H2,1H3,(H,21,23)(H,22,24). The Morgan fingerprint density at radius 1 is 1.12 bits per heavy atom. The van der Waals surface area contributed by atoms with Crippen LogP contribution in [0.5, 0.6) is 0 Å². The first kappa shape index (κ1) is 17.8. The number of rotatable bonds is 6. The monoisotopic (exact) mass is 347 g/mol. The van der Waals surface area contributed by atoms with Gasteiger partial charge in [0, 0.05) is 29.6 Å². The lowest BCUT2D eigenvalue weighted by atomic mass is 10.2. The Bertz CT molecular complexity index is 721. The lowest BCUT2D eigenvalue weighted by Gasteiger charge is -2.11. The first-order chi connectivity index (χ1) is 11.5. The van der Waals surface area contributed by atoms with E-state index in [1.807, 2.05) is 6.92 Å². The second-order valence-corrected chi connectivity index (χ2v) is 5.70. The van der Waals surface area contributed by atoms with Gasteiger partial charge in [-0.1, -0.05) is 18.5 Å². The summed E-state index contributed by atoms with van der Waals surface area (Å²) in [7, 11) is 0. The fraction of sp³-hybridized carbons (Fsp3) is 0.250. The molecule has 0 fully saturated rings. The Balaban J connectivity index is 2.13. The molecule has 0 aliphatic carbocycles. The molecule has 0 radical (unpaired) electrons. The number of carbonyl (C=O) groups is 2. The van der Waals surface area contributed by atoms with Crippen LogP contribution < -0.4 is 16.4 Å². The third kappa shape index (κ3) is 4.74. The van der Waals surface area contributed by atoms with E-state index in [-0.39, 0.29) is 17.3 Å². The summed E-state index contributed by atoms with van der Waals surface area (Å²) in [6.45, 7) is 2.75. The third-order valence-electron chi connectivity index (χ3n) is 3.24. The lowest BCUT2D eigenvalue weighted by Crippen LogP contribution is -2.33. The number of hydrogen-bond acceptors (Lipinski definition) is 5. The van der Waals surface area contributed by atoms with Crippen LogP contribution in [0.15, 0.2) is 36.7 Å². The van der Waals surface area contributed by atoms with Gasteiger partial charge >= 0.3 is 0 Å². The topological polar surface area (TPSA) is 110 Å². The van der Waals surface area contributed by atoms with Gasteiger partial charge in [0.25, 0.3) is 11.8 Å². The first-order valence-electron chi connectivity index (χ1n) is 7.37. The van der Waals surface area contributed by atoms with Gasteiger partial charge in [-0.25, -0.2) is 9.97 Å². The molecule has 0 saturated carbocycles. The van der Waals surface area contributed by atoms with Gasteiger partial charge in [0.05, 0.1) is 0 Å². The molecule has 1 aromatic carbocycles. The van der Waals surface area contributed by atoms with E-state index >= 15 is 0 Å². The van der Waals surface area contributed by atoms with E-state index in [4.69, 9.17) is 17.3 Å². The van der Waals surface area contributed by atoms with Crippen molar-refractivity contribution in [2.45, 2.75) is 6.92 Å². The molecular weight excluding hydrogens is 330 g/mol. The number of nitrogens with two attached hydrogens (primary N) is 1. The number of nitrogens with zero attached hydrogens (tertiary/aromatic N) is 2. The maximum Gasteiger partial charge on any atom is 0.276 e. The van der Waals surface area contributed by atoms with Crippen molar-refractivity contribution in [3.63, 3.8) is 0 Å². The van der Waals surface area contributed by atoms with Crippen LogP contribution in [-0.2, 0) is 0 Å². The second-order valence-electron chi connectivity index (χ2n) is 5.27. The van der Waals surface area contributed by atoms with Crippen LogP contribution in [0.2, 0.25) is 5.02 Å². The highest BCUT2D eigenvalue weighted by atomic mass is 35.5. The third-order valence-corrected chi connectivity index (χ3v) is 3.50. The van der Waals surface area contributed by atoms with Crippen LogP contribution in [-0.4, -0.2) is 34.9 Å². The van der Waals surface area contributed by atoms with Crippen molar-refractivity contribution in [3.8, 4) is 0 Å². The molecule has 126 valence electrons. The van der Waals surface area contributed by atoms with Gasteiger partial charge in [0.2, 0.25) is 0 Å². The molecule has 1 aromatic heterocycles. The summed E-state index contributed by atoms with van der Waals surface area (Å²) >= 11 is 5.81. The van der Waals surface area contributed by atoms with Gasteiger partial charge in [-0.15, -0.1) is 0 Å². The highest BCUT2D eigenvalue weighted by Gasteiger charge is 2.20. The highest BCUT2D eigenvalue weighted by molar-refractivity contribution is 6.30. The summed E-state index contributed by atoms with van der Waals surface area (Å²) in [6, 6.07) is 6.60. The average Bonchev–Trinajstić information content (AvgIpc) is 2.61. The predicted molar refractivity (Wildman–Crippen MR) is 92.0 cm³/mol. The number of hydrogen-bond donors (Lipinski definition) is 3. The number of halogens is 1. The summed E-state index contributed by atoms with van der Waals surface area (Å²) in [5.41, 5.74) is 5.97. The van der Waals surface area contributed by atoms with E-state index in [9.17, 15) is 9.59 Å². The van der Waals surface area contributed by atoms with E-state index < -0.39 is 11.8 Å². The van der Waals surface area contributed by atoms with Gasteiger partial charge in [0.15, 0.2) is 11.4 Å². The molecule has 0 aliphatic rings. The number of carbonyl (C=O) groups excluding carboxylic acids is 2. The molecule has 0 spiro atoms. The molecule has 8 heteroatoms. The molecule has 2 amide bonds. The second kappa shape index (κ2) is 8.37. The van der Waals surface area contributed by atoms with Crippen LogP contribution in [0, 0.1) is 5.92 Å². The lowest BCUT2D eigenvalue weighted by molar-refractivity contribution is 0.0929. The molecule has 0 bridgehead atoms. The summed E-state index contributed by atoms with van der Waals surface area (Å²) in [4.78, 5) is 32.6. The zero-order chi connectivity index (χ0) is 17.5. The van der Waals surface area contributed by atoms with Crippen LogP contribution in [0.3, 0.4) is 0 Å². The summed E-state index contributed by atoms with van der Waals surface area (Å²) in [5.74, 6) is -0.871. The fourth-order valence-electron chi connectivity index (χ4n) is 1.83. The zero-order valence-corrected chi connectivity index (χ0v) is 13.9. The number of amides is 2. The Hall–Kier alpha value is -2.51. The minimum atomic E-state index is -0.526. The molecule has 4 N–H and O–H groups in total. The van der Waals surface area contributed by atoms with Crippen molar-refractivity contribution in [3.05, 3.63) is 53.1 Å². The number of aromatic nitrogens is 2. The molecule has 2 rings (SSSR count). The van der Waals surface area contributed by atoms with Gasteiger partial charge < -0.3 is 16.4 Å². The number of benzene rings is 1. The van der Waals surface area contributed by atoms with Crippen LogP contribution >= 0.6 is 11.6 Å². The summed E-state index contributed by atoms with van der Waals surface area (Å²) in [5, 5.41) is 5.91. The molecule has 24 heavy (non-hydrogen) atoms. The number of nitrogens with one attached hydrogen (secondary N) is 2. The highest BCUT2D eigenvalue weighted by Crippen LogP contribution is 2.14. The predicted octanol–water partition coefficient (Wildman–Crippen LogP) is 1.71. The van der Waals surface area contributed by atoms with Gasteiger partial charge in [0.1, 0.15) is 0 Å². The molecule has 0 saturated heterocycles. The van der Waals surface area contributed by atoms with E-state index in [0.29, 0.717) is 23.8 Å². The average molecular weight is 348 g/mol. The van der Waals surface area contributed by atoms with Crippen LogP contribution in [0.25, 0.3) is 0 Å². The maximum absolute atomic E-state index is 12.4. The Morgan fingerprint density at radius 3 is 2.29 bits per heavy atom. The smallest absolute Gasteiger partial charge is 0.276 e. The largest absolute Gasteiger partial charge is 0.350 e. The van der Waals surface area contributed by atoms with Crippen molar-refractivity contribution >= 4 is 29.1 Å². The van der Waals surface area contributed by atoms with Crippen molar-refractivity contribution in [2.75, 3.05) is 18.4 Å². The van der Waals surface area contributed by atoms with Gasteiger partial charge in [-0.3, -0.25) is 9.59 Å². The van der Waals surface area contributed by atoms with E-state index in [2.05, 4.69) is 20.6 Å². The van der Waals surface area contributed by atoms with Crippen LogP contribution in [0.4, 0.5) is 5.69 Å². The molecule has 2 aromatic rings. The molecular formula is C16H18ClN5O2. The molecule has 7 nitrogen and oxygen atoms in total. The number of anilines is 1. The normalized spacial score (nSPS) is 11.6. The molecule has 1 heterocycles. The van der Waals surface area contributed by atoms with Crippen LogP contribution in [0.1, 0.15) is 27.9 Å². The summed E-state index contributed by atoms with van der Waals surface area (Å²) < 4.78 is 0. The van der Waals surface area contributed by atoms with E-state index in [0.717, 1.165) is 0 Å².